The van der Waals surface area contributed by atoms with E-state index in [9.17, 15) is 0 Å². The van der Waals surface area contributed by atoms with Crippen LogP contribution in [-0.2, 0) is 0 Å². The first-order chi connectivity index (χ1) is 5.79. The molecule has 0 aliphatic heterocycles. The topological polar surface area (TPSA) is 0 Å². The molecule has 0 aliphatic rings. The predicted octanol–water partition coefficient (Wildman–Crippen LogP) is 4.60. The Morgan fingerprint density at radius 2 is 1.33 bits per heavy atom. The molecule has 0 spiro atoms. The van der Waals surface area contributed by atoms with Gasteiger partial charge in [-0.2, -0.15) is 0 Å². The van der Waals surface area contributed by atoms with E-state index in [1.165, 1.54) is 0 Å². The highest BCUT2D eigenvalue weighted by atomic mass is 79.9. The Hall–Kier alpha value is 0.360. The Balaban J connectivity index is 2.57. The molecule has 0 aliphatic carbocycles. The van der Waals surface area contributed by atoms with E-state index in [1.807, 2.05) is 10.8 Å². The Labute approximate surface area is 95.5 Å². The molecule has 0 bridgehead atoms. The largest absolute Gasteiger partial charge is 0.141 e. The number of hydrogen-bond donors (Lipinski definition) is 0. The minimum Gasteiger partial charge on any atom is -0.141 e. The minimum absolute atomic E-state index is 1.09. The van der Waals surface area contributed by atoms with Crippen LogP contribution in [0.1, 0.15) is 0 Å². The van der Waals surface area contributed by atoms with Crippen molar-refractivity contribution in [3.05, 3.63) is 30.5 Å². The summed E-state index contributed by atoms with van der Waals surface area (Å²) in [6.07, 6.45) is 0. The first-order valence-corrected chi connectivity index (χ1v) is 6.43. The van der Waals surface area contributed by atoms with E-state index in [0.717, 1.165) is 20.1 Å². The molecule has 0 atom stereocenters. The lowest BCUT2D eigenvalue weighted by Crippen LogP contribution is -1.70. The van der Waals surface area contributed by atoms with E-state index in [2.05, 4.69) is 42.6 Å². The summed E-state index contributed by atoms with van der Waals surface area (Å²) in [5, 5.41) is 10.4. The van der Waals surface area contributed by atoms with Crippen molar-refractivity contribution in [2.75, 3.05) is 0 Å². The van der Waals surface area contributed by atoms with Crippen molar-refractivity contribution < 1.29 is 0 Å². The van der Waals surface area contributed by atoms with Crippen molar-refractivity contribution >= 4 is 54.5 Å². The van der Waals surface area contributed by atoms with Gasteiger partial charge in [0.15, 0.2) is 0 Å². The van der Waals surface area contributed by atoms with Gasteiger partial charge in [0.05, 0.1) is 10.8 Å². The quantitative estimate of drug-likeness (QED) is 0.720. The normalized spacial score (nSPS) is 10.5. The van der Waals surface area contributed by atoms with E-state index in [-0.39, 0.29) is 0 Å². The van der Waals surface area contributed by atoms with Crippen molar-refractivity contribution in [1.82, 2.24) is 0 Å². The SMILES string of the molecule is Brc1cs[c]c1-c1[c]scc1Br. The minimum atomic E-state index is 1.09. The third kappa shape index (κ3) is 1.53. The second-order valence-corrected chi connectivity index (χ2v) is 5.18. The molecule has 0 nitrogen and oxygen atoms in total. The number of rotatable bonds is 1. The predicted molar refractivity (Wildman–Crippen MR) is 60.7 cm³/mol. The highest BCUT2D eigenvalue weighted by Gasteiger charge is 2.08. The first kappa shape index (κ1) is 8.94. The van der Waals surface area contributed by atoms with Crippen LogP contribution in [0.2, 0.25) is 0 Å². The Morgan fingerprint density at radius 1 is 0.917 bits per heavy atom. The maximum absolute atomic E-state index is 3.46. The zero-order chi connectivity index (χ0) is 8.55. The lowest BCUT2D eigenvalue weighted by molar-refractivity contribution is 1.73. The molecule has 12 heavy (non-hydrogen) atoms. The summed E-state index contributed by atoms with van der Waals surface area (Å²) in [4.78, 5) is 0. The van der Waals surface area contributed by atoms with Crippen LogP contribution in [0.3, 0.4) is 0 Å². The van der Waals surface area contributed by atoms with Crippen molar-refractivity contribution in [1.29, 1.82) is 0 Å². The molecule has 60 valence electrons. The van der Waals surface area contributed by atoms with Gasteiger partial charge >= 0.3 is 0 Å². The van der Waals surface area contributed by atoms with Crippen LogP contribution >= 0.6 is 54.5 Å². The van der Waals surface area contributed by atoms with Crippen molar-refractivity contribution in [2.24, 2.45) is 0 Å². The fourth-order valence-corrected chi connectivity index (χ4v) is 3.47. The maximum Gasteiger partial charge on any atom is 0.0540 e. The summed E-state index contributed by atoms with van der Waals surface area (Å²) in [6, 6.07) is 0. The molecule has 2 rings (SSSR count). The smallest absolute Gasteiger partial charge is 0.0540 e. The molecule has 0 saturated heterocycles. The summed E-state index contributed by atoms with van der Waals surface area (Å²) in [5.74, 6) is 0. The third-order valence-electron chi connectivity index (χ3n) is 1.37. The average Bonchev–Trinajstić information content (AvgIpc) is 2.59. The Kier molecular flexibility index (Phi) is 2.69. The molecule has 2 aromatic heterocycles. The van der Waals surface area contributed by atoms with Gasteiger partial charge in [0, 0.05) is 30.8 Å². The van der Waals surface area contributed by atoms with Crippen molar-refractivity contribution in [3.63, 3.8) is 0 Å². The van der Waals surface area contributed by atoms with E-state index in [0.29, 0.717) is 0 Å². The maximum atomic E-state index is 3.46. The highest BCUT2D eigenvalue weighted by Crippen LogP contribution is 2.37. The van der Waals surface area contributed by atoms with Gasteiger partial charge in [-0.15, -0.1) is 22.7 Å². The van der Waals surface area contributed by atoms with Crippen LogP contribution in [0.15, 0.2) is 19.7 Å². The Morgan fingerprint density at radius 3 is 1.58 bits per heavy atom. The van der Waals surface area contributed by atoms with Crippen molar-refractivity contribution in [2.45, 2.75) is 0 Å². The van der Waals surface area contributed by atoms with Gasteiger partial charge in [0.1, 0.15) is 0 Å². The molecule has 2 aromatic rings. The molecule has 0 amide bonds. The highest BCUT2D eigenvalue weighted by molar-refractivity contribution is 9.11. The monoisotopic (exact) mass is 320 g/mol. The van der Waals surface area contributed by atoms with Crippen LogP contribution in [0.25, 0.3) is 11.1 Å². The van der Waals surface area contributed by atoms with Gasteiger partial charge in [0.25, 0.3) is 0 Å². The van der Waals surface area contributed by atoms with Gasteiger partial charge in [-0.1, -0.05) is 0 Å². The second kappa shape index (κ2) is 3.62. The fraction of sp³-hybridized carbons (Fsp3) is 0. The zero-order valence-electron chi connectivity index (χ0n) is 5.73. The molecule has 2 heterocycles. The van der Waals surface area contributed by atoms with Gasteiger partial charge in [0.2, 0.25) is 0 Å². The summed E-state index contributed by atoms with van der Waals surface area (Å²) in [5.41, 5.74) is 2.18. The molecule has 0 aromatic carbocycles. The molecule has 2 radical (unpaired) electrons. The molecule has 0 fully saturated rings. The lowest BCUT2D eigenvalue weighted by atomic mass is 10.2. The fourth-order valence-electron chi connectivity index (χ4n) is 0.836. The second-order valence-electron chi connectivity index (χ2n) is 2.12. The first-order valence-electron chi connectivity index (χ1n) is 3.08. The van der Waals surface area contributed by atoms with E-state index in [4.69, 9.17) is 0 Å². The summed E-state index contributed by atoms with van der Waals surface area (Å²) >= 11 is 10.1. The number of thiophene rings is 2. The Bertz CT molecular complexity index is 351. The third-order valence-corrected chi connectivity index (χ3v) is 4.58. The molecule has 0 unspecified atom stereocenters. The van der Waals surface area contributed by atoms with Gasteiger partial charge < -0.3 is 0 Å². The molecule has 4 heteroatoms. The molecular formula is C8H2Br2S2. The van der Waals surface area contributed by atoms with Crippen LogP contribution in [0, 0.1) is 10.8 Å². The molecule has 0 N–H and O–H groups in total. The summed E-state index contributed by atoms with van der Waals surface area (Å²) < 4.78 is 2.17. The lowest BCUT2D eigenvalue weighted by Gasteiger charge is -1.93. The standard InChI is InChI=1S/C8H2Br2S2/c9-7-3-11-1-5(7)6-2-12-4-8(6)10/h3-4H. The van der Waals surface area contributed by atoms with E-state index in [1.54, 1.807) is 22.7 Å². The van der Waals surface area contributed by atoms with Crippen LogP contribution in [0.4, 0.5) is 0 Å². The number of hydrogen-bond acceptors (Lipinski definition) is 2. The average molecular weight is 322 g/mol. The van der Waals surface area contributed by atoms with Gasteiger partial charge in [-0.3, -0.25) is 0 Å². The van der Waals surface area contributed by atoms with E-state index < -0.39 is 0 Å². The van der Waals surface area contributed by atoms with Gasteiger partial charge in [-0.05, 0) is 31.9 Å². The number of halogens is 2. The van der Waals surface area contributed by atoms with Gasteiger partial charge in [-0.25, -0.2) is 0 Å². The molecule has 0 saturated carbocycles. The zero-order valence-corrected chi connectivity index (χ0v) is 10.5. The summed E-state index contributed by atoms with van der Waals surface area (Å²) in [6.45, 7) is 0. The van der Waals surface area contributed by atoms with E-state index >= 15 is 0 Å². The van der Waals surface area contributed by atoms with Crippen LogP contribution < -0.4 is 0 Å². The molecular weight excluding hydrogens is 320 g/mol. The van der Waals surface area contributed by atoms with Crippen LogP contribution in [0.5, 0.6) is 0 Å². The summed E-state index contributed by atoms with van der Waals surface area (Å²) in [7, 11) is 0. The van der Waals surface area contributed by atoms with Crippen LogP contribution in [-0.4, -0.2) is 0 Å². The van der Waals surface area contributed by atoms with Crippen molar-refractivity contribution in [3.8, 4) is 11.1 Å².